The second-order valence-corrected chi connectivity index (χ2v) is 4.03. The second-order valence-electron chi connectivity index (χ2n) is 4.03. The monoisotopic (exact) mass is 216 g/mol. The fourth-order valence-corrected chi connectivity index (χ4v) is 1.81. The molecule has 3 nitrogen and oxygen atoms in total. The van der Waals surface area contributed by atoms with E-state index in [2.05, 4.69) is 11.1 Å². The smallest absolute Gasteiger partial charge is 0.216 e. The summed E-state index contributed by atoms with van der Waals surface area (Å²) in [7, 11) is 1.64. The molecule has 84 valence electrons. The van der Waals surface area contributed by atoms with Gasteiger partial charge < -0.3 is 10.5 Å². The van der Waals surface area contributed by atoms with Gasteiger partial charge in [0.1, 0.15) is 0 Å². The molecule has 3 heteroatoms. The summed E-state index contributed by atoms with van der Waals surface area (Å²) >= 11 is 0. The van der Waals surface area contributed by atoms with Crippen molar-refractivity contribution in [3.63, 3.8) is 0 Å². The molecule has 0 fully saturated rings. The normalized spacial score (nSPS) is 12.7. The SMILES string of the molecule is COc1nc2ccccc2cc1C[C@H](C)N. The molecule has 0 amide bonds. The van der Waals surface area contributed by atoms with Gasteiger partial charge >= 0.3 is 0 Å². The van der Waals surface area contributed by atoms with Crippen LogP contribution < -0.4 is 10.5 Å². The zero-order valence-corrected chi connectivity index (χ0v) is 9.60. The predicted octanol–water partition coefficient (Wildman–Crippen LogP) is 2.13. The molecule has 0 saturated carbocycles. The van der Waals surface area contributed by atoms with E-state index in [0.29, 0.717) is 5.88 Å². The lowest BCUT2D eigenvalue weighted by atomic mass is 10.1. The molecule has 2 aromatic rings. The molecule has 0 saturated heterocycles. The van der Waals surface area contributed by atoms with Gasteiger partial charge in [-0.2, -0.15) is 0 Å². The Morgan fingerprint density at radius 3 is 2.81 bits per heavy atom. The van der Waals surface area contributed by atoms with Crippen molar-refractivity contribution >= 4 is 10.9 Å². The van der Waals surface area contributed by atoms with E-state index in [1.165, 1.54) is 0 Å². The maximum atomic E-state index is 5.81. The number of nitrogens with zero attached hydrogens (tertiary/aromatic N) is 1. The highest BCUT2D eigenvalue weighted by Gasteiger charge is 2.08. The molecule has 1 aromatic heterocycles. The molecule has 0 aliphatic heterocycles. The van der Waals surface area contributed by atoms with Crippen LogP contribution in [0.3, 0.4) is 0 Å². The van der Waals surface area contributed by atoms with Crippen molar-refractivity contribution in [1.82, 2.24) is 4.98 Å². The van der Waals surface area contributed by atoms with Crippen LogP contribution in [-0.4, -0.2) is 18.1 Å². The van der Waals surface area contributed by atoms with E-state index >= 15 is 0 Å². The fourth-order valence-electron chi connectivity index (χ4n) is 1.81. The van der Waals surface area contributed by atoms with Gasteiger partial charge in [-0.05, 0) is 25.5 Å². The topological polar surface area (TPSA) is 48.1 Å². The molecule has 0 spiro atoms. The highest BCUT2D eigenvalue weighted by atomic mass is 16.5. The molecular weight excluding hydrogens is 200 g/mol. The van der Waals surface area contributed by atoms with Gasteiger partial charge in [0, 0.05) is 17.0 Å². The first-order chi connectivity index (χ1) is 7.70. The number of benzene rings is 1. The van der Waals surface area contributed by atoms with Crippen molar-refractivity contribution in [1.29, 1.82) is 0 Å². The van der Waals surface area contributed by atoms with E-state index in [1.807, 2.05) is 31.2 Å². The van der Waals surface area contributed by atoms with Crippen LogP contribution in [0.15, 0.2) is 30.3 Å². The van der Waals surface area contributed by atoms with E-state index < -0.39 is 0 Å². The third kappa shape index (κ3) is 2.14. The lowest BCUT2D eigenvalue weighted by Crippen LogP contribution is -2.18. The van der Waals surface area contributed by atoms with Gasteiger partial charge in [-0.1, -0.05) is 18.2 Å². The Morgan fingerprint density at radius 2 is 2.12 bits per heavy atom. The molecule has 2 N–H and O–H groups in total. The maximum absolute atomic E-state index is 5.81. The molecule has 1 aromatic carbocycles. The lowest BCUT2D eigenvalue weighted by Gasteiger charge is -2.11. The molecule has 1 atom stereocenters. The number of fused-ring (bicyclic) bond motifs is 1. The Kier molecular flexibility index (Phi) is 3.06. The van der Waals surface area contributed by atoms with Crippen LogP contribution in [0.5, 0.6) is 5.88 Å². The molecule has 0 radical (unpaired) electrons. The minimum atomic E-state index is 0.108. The zero-order valence-electron chi connectivity index (χ0n) is 9.60. The highest BCUT2D eigenvalue weighted by molar-refractivity contribution is 5.80. The number of methoxy groups -OCH3 is 1. The van der Waals surface area contributed by atoms with E-state index in [1.54, 1.807) is 7.11 Å². The summed E-state index contributed by atoms with van der Waals surface area (Å²) in [6, 6.07) is 10.2. The molecule has 0 bridgehead atoms. The Bertz CT molecular complexity index is 494. The summed E-state index contributed by atoms with van der Waals surface area (Å²) in [6.45, 7) is 1.98. The van der Waals surface area contributed by atoms with Crippen LogP contribution in [-0.2, 0) is 6.42 Å². The molecule has 0 unspecified atom stereocenters. The second kappa shape index (κ2) is 4.49. The van der Waals surface area contributed by atoms with Crippen molar-refractivity contribution in [3.05, 3.63) is 35.9 Å². The Hall–Kier alpha value is -1.61. The van der Waals surface area contributed by atoms with E-state index in [-0.39, 0.29) is 6.04 Å². The average Bonchev–Trinajstić information content (AvgIpc) is 2.27. The van der Waals surface area contributed by atoms with Crippen LogP contribution in [0.1, 0.15) is 12.5 Å². The Labute approximate surface area is 95.2 Å². The molecule has 1 heterocycles. The van der Waals surface area contributed by atoms with Crippen molar-refractivity contribution in [2.75, 3.05) is 7.11 Å². The molecular formula is C13H16N2O. The van der Waals surface area contributed by atoms with Crippen LogP contribution in [0.4, 0.5) is 0 Å². The summed E-state index contributed by atoms with van der Waals surface area (Å²) in [4.78, 5) is 4.47. The number of aromatic nitrogens is 1. The summed E-state index contributed by atoms with van der Waals surface area (Å²) < 4.78 is 5.29. The molecule has 0 aliphatic rings. The maximum Gasteiger partial charge on any atom is 0.216 e. The predicted molar refractivity (Wildman–Crippen MR) is 65.6 cm³/mol. The van der Waals surface area contributed by atoms with Crippen molar-refractivity contribution in [3.8, 4) is 5.88 Å². The summed E-state index contributed by atoms with van der Waals surface area (Å²) in [5.74, 6) is 0.677. The Morgan fingerprint density at radius 1 is 1.38 bits per heavy atom. The zero-order chi connectivity index (χ0) is 11.5. The van der Waals surface area contributed by atoms with Gasteiger partial charge in [-0.3, -0.25) is 0 Å². The van der Waals surface area contributed by atoms with Crippen LogP contribution >= 0.6 is 0 Å². The minimum absolute atomic E-state index is 0.108. The fraction of sp³-hybridized carbons (Fsp3) is 0.308. The third-order valence-electron chi connectivity index (χ3n) is 2.50. The van der Waals surface area contributed by atoms with Gasteiger partial charge in [0.25, 0.3) is 0 Å². The first-order valence-corrected chi connectivity index (χ1v) is 5.39. The largest absolute Gasteiger partial charge is 0.481 e. The van der Waals surface area contributed by atoms with E-state index in [0.717, 1.165) is 22.9 Å². The van der Waals surface area contributed by atoms with Gasteiger partial charge in [0.05, 0.1) is 12.6 Å². The van der Waals surface area contributed by atoms with Gasteiger partial charge in [0.2, 0.25) is 5.88 Å². The number of rotatable bonds is 3. The number of pyridine rings is 1. The van der Waals surface area contributed by atoms with Gasteiger partial charge in [-0.25, -0.2) is 4.98 Å². The highest BCUT2D eigenvalue weighted by Crippen LogP contribution is 2.22. The van der Waals surface area contributed by atoms with Crippen LogP contribution in [0.25, 0.3) is 10.9 Å². The number of hydrogen-bond donors (Lipinski definition) is 1. The van der Waals surface area contributed by atoms with Gasteiger partial charge in [-0.15, -0.1) is 0 Å². The molecule has 16 heavy (non-hydrogen) atoms. The number of nitrogens with two attached hydrogens (primary N) is 1. The molecule has 2 rings (SSSR count). The summed E-state index contributed by atoms with van der Waals surface area (Å²) in [6.07, 6.45) is 0.779. The standard InChI is InChI=1S/C13H16N2O/c1-9(14)7-11-8-10-5-3-4-6-12(10)15-13(11)16-2/h3-6,8-9H,7,14H2,1-2H3/t9-/m0/s1. The number of para-hydroxylation sites is 1. The first kappa shape index (κ1) is 10.9. The van der Waals surface area contributed by atoms with Crippen molar-refractivity contribution in [2.24, 2.45) is 5.73 Å². The lowest BCUT2D eigenvalue weighted by molar-refractivity contribution is 0.393. The van der Waals surface area contributed by atoms with Crippen molar-refractivity contribution < 1.29 is 4.74 Å². The minimum Gasteiger partial charge on any atom is -0.481 e. The van der Waals surface area contributed by atoms with Crippen LogP contribution in [0, 0.1) is 0 Å². The van der Waals surface area contributed by atoms with E-state index in [4.69, 9.17) is 10.5 Å². The average molecular weight is 216 g/mol. The number of ether oxygens (including phenoxy) is 1. The third-order valence-corrected chi connectivity index (χ3v) is 2.50. The van der Waals surface area contributed by atoms with Crippen molar-refractivity contribution in [2.45, 2.75) is 19.4 Å². The molecule has 0 aliphatic carbocycles. The first-order valence-electron chi connectivity index (χ1n) is 5.39. The summed E-state index contributed by atoms with van der Waals surface area (Å²) in [5, 5.41) is 1.12. The summed E-state index contributed by atoms with van der Waals surface area (Å²) in [5.41, 5.74) is 7.83. The van der Waals surface area contributed by atoms with Gasteiger partial charge in [0.15, 0.2) is 0 Å². The Balaban J connectivity index is 2.53. The quantitative estimate of drug-likeness (QED) is 0.855. The van der Waals surface area contributed by atoms with Crippen LogP contribution in [0.2, 0.25) is 0 Å². The number of hydrogen-bond acceptors (Lipinski definition) is 3. The van der Waals surface area contributed by atoms with E-state index in [9.17, 15) is 0 Å².